The molecule has 0 amide bonds. The van der Waals surface area contributed by atoms with E-state index < -0.39 is 33.0 Å². The molecule has 3 N–H and O–H groups in total. The van der Waals surface area contributed by atoms with Crippen molar-refractivity contribution in [1.82, 2.24) is 14.6 Å². The number of rotatable bonds is 11. The van der Waals surface area contributed by atoms with Crippen molar-refractivity contribution in [3.8, 4) is 0 Å². The third-order valence-corrected chi connectivity index (χ3v) is 8.64. The van der Waals surface area contributed by atoms with Gasteiger partial charge in [-0.15, -0.1) is 0 Å². The van der Waals surface area contributed by atoms with Crippen LogP contribution in [0.25, 0.3) is 0 Å². The highest BCUT2D eigenvalue weighted by Crippen LogP contribution is 2.33. The smallest absolute Gasteiger partial charge is 0.212 e. The molecular formula is C24H35F2N5O3S2. The van der Waals surface area contributed by atoms with Crippen LogP contribution in [0.15, 0.2) is 12.1 Å². The van der Waals surface area contributed by atoms with Gasteiger partial charge in [-0.05, 0) is 63.4 Å². The minimum atomic E-state index is -3.30. The fourth-order valence-corrected chi connectivity index (χ4v) is 7.10. The molecule has 0 unspecified atom stereocenters. The first-order valence-corrected chi connectivity index (χ1v) is 14.5. The first kappa shape index (κ1) is 28.4. The number of halogens is 2. The van der Waals surface area contributed by atoms with E-state index in [1.165, 1.54) is 12.1 Å². The maximum absolute atomic E-state index is 14.8. The normalized spacial score (nSPS) is 18.6. The number of hydrogen-bond donors (Lipinski definition) is 3. The molecule has 0 aliphatic heterocycles. The Hall–Kier alpha value is -2.15. The van der Waals surface area contributed by atoms with Gasteiger partial charge in [-0.1, -0.05) is 25.2 Å². The minimum Gasteiger partial charge on any atom is -0.372 e. The number of hydrogen-bond acceptors (Lipinski definition) is 8. The summed E-state index contributed by atoms with van der Waals surface area (Å²) in [5, 5.41) is 6.61. The molecule has 3 rings (SSSR count). The highest BCUT2D eigenvalue weighted by molar-refractivity contribution is 7.89. The van der Waals surface area contributed by atoms with Gasteiger partial charge in [-0.25, -0.2) is 26.9 Å². The standard InChI is InChI=1S/C24H35F2N5O3S2/c1-14(2)13-36(33,34)30-17-8-6-16(7-9-17)28-24-29-23(27-3)22(35-24)21(32)20-18(25)10-15(11-19(20)26)12-31(4)5/h10-11,14,16-17,27,30H,6-9,12-13H2,1-5H3,(H,28,29). The molecule has 200 valence electrons. The average molecular weight is 544 g/mol. The predicted molar refractivity (Wildman–Crippen MR) is 140 cm³/mol. The van der Waals surface area contributed by atoms with Crippen molar-refractivity contribution in [2.45, 2.75) is 58.2 Å². The van der Waals surface area contributed by atoms with E-state index in [0.717, 1.165) is 24.2 Å². The molecule has 2 aromatic rings. The van der Waals surface area contributed by atoms with Crippen LogP contribution in [0, 0.1) is 17.6 Å². The lowest BCUT2D eigenvalue weighted by atomic mass is 9.92. The summed E-state index contributed by atoms with van der Waals surface area (Å²) in [6, 6.07) is 2.32. The van der Waals surface area contributed by atoms with Crippen molar-refractivity contribution >= 4 is 38.1 Å². The molecule has 0 spiro atoms. The zero-order valence-electron chi connectivity index (χ0n) is 21.3. The van der Waals surface area contributed by atoms with Gasteiger partial charge in [0.1, 0.15) is 16.5 Å². The topological polar surface area (TPSA) is 103 Å². The molecule has 1 aromatic carbocycles. The molecule has 1 aromatic heterocycles. The lowest BCUT2D eigenvalue weighted by molar-refractivity contribution is 0.103. The summed E-state index contributed by atoms with van der Waals surface area (Å²) in [6.07, 6.45) is 2.81. The maximum atomic E-state index is 14.8. The van der Waals surface area contributed by atoms with E-state index in [4.69, 9.17) is 0 Å². The number of thiazole rings is 1. The Balaban J connectivity index is 1.68. The van der Waals surface area contributed by atoms with Gasteiger partial charge in [0.25, 0.3) is 0 Å². The average Bonchev–Trinajstić information content (AvgIpc) is 3.15. The maximum Gasteiger partial charge on any atom is 0.212 e. The van der Waals surface area contributed by atoms with Crippen LogP contribution in [0.1, 0.15) is 60.3 Å². The van der Waals surface area contributed by atoms with Crippen molar-refractivity contribution < 1.29 is 22.0 Å². The summed E-state index contributed by atoms with van der Waals surface area (Å²) in [5.41, 5.74) is -0.160. The van der Waals surface area contributed by atoms with Crippen LogP contribution in [0.5, 0.6) is 0 Å². The Morgan fingerprint density at radius 1 is 1.14 bits per heavy atom. The third kappa shape index (κ3) is 7.44. The van der Waals surface area contributed by atoms with Gasteiger partial charge in [0.05, 0.1) is 11.3 Å². The Morgan fingerprint density at radius 3 is 2.25 bits per heavy atom. The summed E-state index contributed by atoms with van der Waals surface area (Å²) in [6.45, 7) is 4.09. The van der Waals surface area contributed by atoms with E-state index in [0.29, 0.717) is 30.1 Å². The molecule has 1 fully saturated rings. The van der Waals surface area contributed by atoms with E-state index in [9.17, 15) is 22.0 Å². The summed E-state index contributed by atoms with van der Waals surface area (Å²) < 4.78 is 56.7. The molecule has 1 aliphatic carbocycles. The highest BCUT2D eigenvalue weighted by atomic mass is 32.2. The van der Waals surface area contributed by atoms with Crippen molar-refractivity contribution in [1.29, 1.82) is 0 Å². The van der Waals surface area contributed by atoms with E-state index in [1.807, 2.05) is 13.8 Å². The van der Waals surface area contributed by atoms with Crippen LogP contribution < -0.4 is 15.4 Å². The monoisotopic (exact) mass is 543 g/mol. The van der Waals surface area contributed by atoms with Crippen molar-refractivity contribution in [3.63, 3.8) is 0 Å². The van der Waals surface area contributed by atoms with Gasteiger partial charge in [0.2, 0.25) is 15.8 Å². The van der Waals surface area contributed by atoms with Crippen molar-refractivity contribution in [2.24, 2.45) is 5.92 Å². The van der Waals surface area contributed by atoms with Crippen LogP contribution in [-0.4, -0.2) is 63.1 Å². The largest absolute Gasteiger partial charge is 0.372 e. The number of carbonyl (C=O) groups excluding carboxylic acids is 1. The van der Waals surface area contributed by atoms with Crippen molar-refractivity contribution in [3.05, 3.63) is 39.8 Å². The first-order valence-electron chi connectivity index (χ1n) is 12.0. The summed E-state index contributed by atoms with van der Waals surface area (Å²) >= 11 is 1.04. The molecule has 12 heteroatoms. The summed E-state index contributed by atoms with van der Waals surface area (Å²) in [4.78, 5) is 19.4. The number of nitrogens with zero attached hydrogens (tertiary/aromatic N) is 2. The molecular weight excluding hydrogens is 508 g/mol. The van der Waals surface area contributed by atoms with E-state index in [1.54, 1.807) is 26.0 Å². The Morgan fingerprint density at radius 2 is 1.72 bits per heavy atom. The van der Waals surface area contributed by atoms with Gasteiger partial charge >= 0.3 is 0 Å². The number of sulfonamides is 1. The Kier molecular flexibility index (Phi) is 9.42. The molecule has 8 nitrogen and oxygen atoms in total. The number of benzene rings is 1. The number of anilines is 2. The van der Waals surface area contributed by atoms with Gasteiger partial charge in [-0.2, -0.15) is 0 Å². The zero-order chi connectivity index (χ0) is 26.6. The second kappa shape index (κ2) is 11.9. The predicted octanol–water partition coefficient (Wildman–Crippen LogP) is 4.05. The Bertz CT molecular complexity index is 1150. The number of nitrogens with one attached hydrogen (secondary N) is 3. The van der Waals surface area contributed by atoms with Gasteiger partial charge in [0.15, 0.2) is 10.9 Å². The number of carbonyl (C=O) groups is 1. The summed E-state index contributed by atoms with van der Waals surface area (Å²) in [5.74, 6) is -2.16. The lowest BCUT2D eigenvalue weighted by Gasteiger charge is -2.29. The van der Waals surface area contributed by atoms with Crippen LogP contribution in [0.4, 0.5) is 19.7 Å². The van der Waals surface area contributed by atoms with Crippen LogP contribution >= 0.6 is 11.3 Å². The van der Waals surface area contributed by atoms with Crippen LogP contribution in [0.2, 0.25) is 0 Å². The number of aromatic nitrogens is 1. The van der Waals surface area contributed by atoms with Gasteiger partial charge < -0.3 is 15.5 Å². The molecule has 0 atom stereocenters. The second-order valence-corrected chi connectivity index (χ2v) is 12.7. The van der Waals surface area contributed by atoms with Crippen molar-refractivity contribution in [2.75, 3.05) is 37.5 Å². The molecule has 0 bridgehead atoms. The number of ketones is 1. The van der Waals surface area contributed by atoms with E-state index >= 15 is 0 Å². The molecule has 1 aliphatic rings. The third-order valence-electron chi connectivity index (χ3n) is 5.85. The zero-order valence-corrected chi connectivity index (χ0v) is 23.0. The fourth-order valence-electron chi connectivity index (χ4n) is 4.39. The molecule has 1 saturated carbocycles. The molecule has 0 radical (unpaired) electrons. The fraction of sp³-hybridized carbons (Fsp3) is 0.583. The molecule has 1 heterocycles. The highest BCUT2D eigenvalue weighted by Gasteiger charge is 2.28. The lowest BCUT2D eigenvalue weighted by Crippen LogP contribution is -2.41. The van der Waals surface area contributed by atoms with E-state index in [2.05, 4.69) is 20.3 Å². The summed E-state index contributed by atoms with van der Waals surface area (Å²) in [7, 11) is 1.87. The quantitative estimate of drug-likeness (QED) is 0.368. The molecule has 0 saturated heterocycles. The first-order chi connectivity index (χ1) is 16.9. The van der Waals surface area contributed by atoms with Crippen LogP contribution in [0.3, 0.4) is 0 Å². The van der Waals surface area contributed by atoms with Crippen LogP contribution in [-0.2, 0) is 16.6 Å². The molecule has 36 heavy (non-hydrogen) atoms. The van der Waals surface area contributed by atoms with Gasteiger partial charge in [0, 0.05) is 25.7 Å². The SMILES string of the molecule is CNc1nc(NC2CCC(NS(=O)(=O)CC(C)C)CC2)sc1C(=O)c1c(F)cc(CN(C)C)cc1F. The van der Waals surface area contributed by atoms with E-state index in [-0.39, 0.29) is 34.4 Å². The minimum absolute atomic E-state index is 0.0495. The Labute approximate surface area is 215 Å². The van der Waals surface area contributed by atoms with Gasteiger partial charge in [-0.3, -0.25) is 4.79 Å². The second-order valence-electron chi connectivity index (χ2n) is 9.93.